The van der Waals surface area contributed by atoms with Crippen LogP contribution in [0.25, 0.3) is 0 Å². The van der Waals surface area contributed by atoms with Crippen LogP contribution in [-0.2, 0) is 0 Å². The Bertz CT molecular complexity index is 414. The third-order valence-corrected chi connectivity index (χ3v) is 5.97. The van der Waals surface area contributed by atoms with Crippen LogP contribution < -0.4 is 15.4 Å². The van der Waals surface area contributed by atoms with Gasteiger partial charge in [-0.05, 0) is 55.4 Å². The number of hydrogen-bond acceptors (Lipinski definition) is 3. The van der Waals surface area contributed by atoms with Crippen molar-refractivity contribution >= 4 is 0 Å². The number of quaternary nitrogens is 2. The number of rotatable bonds is 2. The van der Waals surface area contributed by atoms with Gasteiger partial charge in [-0.25, -0.2) is 0 Å². The van der Waals surface area contributed by atoms with E-state index in [2.05, 4.69) is 60.7 Å². The maximum Gasteiger partial charge on any atom is 0.108 e. The average molecular weight is 313 g/mol. The minimum absolute atomic E-state index is 0.194. The zero-order valence-corrected chi connectivity index (χ0v) is 15.6. The van der Waals surface area contributed by atoms with Crippen molar-refractivity contribution in [1.82, 2.24) is 5.32 Å². The lowest BCUT2D eigenvalue weighted by Crippen LogP contribution is -3.23. The molecular weight excluding hydrogens is 278 g/mol. The summed E-state index contributed by atoms with van der Waals surface area (Å²) in [5, 5.41) is 29.6. The molecule has 0 amide bonds. The lowest BCUT2D eigenvalue weighted by Gasteiger charge is -2.55. The Hall–Kier alpha value is -0.200. The van der Waals surface area contributed by atoms with E-state index in [1.807, 2.05) is 0 Å². The fourth-order valence-electron chi connectivity index (χ4n) is 4.96. The van der Waals surface area contributed by atoms with Crippen molar-refractivity contribution in [2.45, 2.75) is 109 Å². The normalized spacial score (nSPS) is 42.3. The molecule has 5 nitrogen and oxygen atoms in total. The van der Waals surface area contributed by atoms with Gasteiger partial charge in [-0.3, -0.25) is 0 Å². The maximum absolute atomic E-state index is 12.6. The molecule has 0 saturated carbocycles. The highest BCUT2D eigenvalue weighted by Gasteiger charge is 2.54. The predicted octanol–water partition coefficient (Wildman–Crippen LogP) is 0.391. The molecule has 3 N–H and O–H groups in total. The average Bonchev–Trinajstić information content (AvgIpc) is 2.46. The molecule has 130 valence electrons. The van der Waals surface area contributed by atoms with Gasteiger partial charge in [0.1, 0.15) is 5.54 Å². The summed E-state index contributed by atoms with van der Waals surface area (Å²) >= 11 is 0. The van der Waals surface area contributed by atoms with Crippen molar-refractivity contribution in [3.63, 3.8) is 0 Å². The summed E-state index contributed by atoms with van der Waals surface area (Å²) in [6.07, 6.45) is 2.59. The van der Waals surface area contributed by atoms with Crippen LogP contribution in [0.1, 0.15) is 74.7 Å². The first-order valence-electron chi connectivity index (χ1n) is 8.56. The molecule has 0 bridgehead atoms. The lowest BCUT2D eigenvalue weighted by molar-refractivity contribution is -0.955. The molecule has 2 saturated heterocycles. The predicted molar refractivity (Wildman–Crippen MR) is 89.5 cm³/mol. The summed E-state index contributed by atoms with van der Waals surface area (Å²) in [6, 6.07) is 0.494. The fourth-order valence-corrected chi connectivity index (χ4v) is 4.96. The molecule has 2 aliphatic rings. The molecule has 2 atom stereocenters. The third kappa shape index (κ3) is 2.94. The molecule has 2 rings (SSSR count). The van der Waals surface area contributed by atoms with Crippen LogP contribution in [0.15, 0.2) is 0 Å². The number of hydrogen-bond donors (Lipinski definition) is 3. The largest absolute Gasteiger partial charge is 0.634 e. The second kappa shape index (κ2) is 5.15. The third-order valence-electron chi connectivity index (χ3n) is 5.97. The summed E-state index contributed by atoms with van der Waals surface area (Å²) < 4.78 is 0. The van der Waals surface area contributed by atoms with Crippen molar-refractivity contribution in [3.8, 4) is 0 Å². The van der Waals surface area contributed by atoms with E-state index in [9.17, 15) is 10.4 Å². The number of piperidine rings is 1. The lowest BCUT2D eigenvalue weighted by atomic mass is 9.78. The molecule has 22 heavy (non-hydrogen) atoms. The van der Waals surface area contributed by atoms with Gasteiger partial charge in [0.15, 0.2) is 0 Å². The highest BCUT2D eigenvalue weighted by atomic mass is 16.5. The van der Waals surface area contributed by atoms with Gasteiger partial charge in [0.25, 0.3) is 0 Å². The molecular formula is C17H35N3O2. The molecule has 0 aliphatic carbocycles. The van der Waals surface area contributed by atoms with Crippen LogP contribution >= 0.6 is 0 Å². The first kappa shape index (κ1) is 18.1. The van der Waals surface area contributed by atoms with E-state index in [0.29, 0.717) is 16.2 Å². The maximum atomic E-state index is 12.6. The zero-order chi connectivity index (χ0) is 17.1. The van der Waals surface area contributed by atoms with E-state index in [4.69, 9.17) is 0 Å². The van der Waals surface area contributed by atoms with E-state index in [1.54, 1.807) is 0 Å². The summed E-state index contributed by atoms with van der Waals surface area (Å²) in [5.74, 6) is 0. The van der Waals surface area contributed by atoms with Gasteiger partial charge in [-0.15, -0.1) is 0 Å². The topological polar surface area (TPSA) is 67.0 Å². The first-order chi connectivity index (χ1) is 9.70. The molecule has 2 fully saturated rings. The molecule has 0 aromatic rings. The molecule has 0 aromatic carbocycles. The number of nitrogens with one attached hydrogen (secondary N) is 3. The van der Waals surface area contributed by atoms with E-state index in [1.165, 1.54) is 0 Å². The Labute approximate surface area is 135 Å². The minimum atomic E-state index is -0.334. The Balaban J connectivity index is 2.15. The van der Waals surface area contributed by atoms with Crippen molar-refractivity contribution in [3.05, 3.63) is 10.4 Å². The van der Waals surface area contributed by atoms with Crippen LogP contribution in [-0.4, -0.2) is 34.2 Å². The Kier molecular flexibility index (Phi) is 4.25. The molecule has 2 heterocycles. The van der Waals surface area contributed by atoms with Crippen molar-refractivity contribution < 1.29 is 10.1 Å². The molecule has 2 aliphatic heterocycles. The van der Waals surface area contributed by atoms with Crippen LogP contribution in [0, 0.1) is 10.4 Å². The van der Waals surface area contributed by atoms with Crippen LogP contribution in [0.2, 0.25) is 0 Å². The summed E-state index contributed by atoms with van der Waals surface area (Å²) in [5.41, 5.74) is -1.17. The van der Waals surface area contributed by atoms with Crippen molar-refractivity contribution in [2.75, 3.05) is 0 Å². The summed E-state index contributed by atoms with van der Waals surface area (Å²) in [4.78, 5) is 0. The summed E-state index contributed by atoms with van der Waals surface area (Å²) in [7, 11) is 0. The second-order valence-corrected chi connectivity index (χ2v) is 10.1. The van der Waals surface area contributed by atoms with Gasteiger partial charge >= 0.3 is 0 Å². The van der Waals surface area contributed by atoms with Crippen LogP contribution in [0.5, 0.6) is 0 Å². The smallest absolute Gasteiger partial charge is 0.108 e. The highest BCUT2D eigenvalue weighted by Crippen LogP contribution is 2.29. The molecule has 5 heteroatoms. The van der Waals surface area contributed by atoms with E-state index < -0.39 is 0 Å². The quantitative estimate of drug-likeness (QED) is 0.646. The van der Waals surface area contributed by atoms with Crippen molar-refractivity contribution in [1.29, 1.82) is 0 Å². The molecule has 0 radical (unpaired) electrons. The molecule has 2 unspecified atom stereocenters. The molecule has 0 aromatic heterocycles. The monoisotopic (exact) mass is 313 g/mol. The minimum Gasteiger partial charge on any atom is -0.634 e. The van der Waals surface area contributed by atoms with Gasteiger partial charge in [-0.1, -0.05) is 0 Å². The Morgan fingerprint density at radius 3 is 1.50 bits per heavy atom. The molecule has 0 spiro atoms. The fraction of sp³-hybridized carbons (Fsp3) is 1.00. The van der Waals surface area contributed by atoms with E-state index >= 15 is 0 Å². The van der Waals surface area contributed by atoms with Gasteiger partial charge < -0.3 is 25.9 Å². The number of hydroxylamine groups is 4. The van der Waals surface area contributed by atoms with Gasteiger partial charge in [0, 0.05) is 25.3 Å². The van der Waals surface area contributed by atoms with Gasteiger partial charge in [0.2, 0.25) is 0 Å². The van der Waals surface area contributed by atoms with Crippen LogP contribution in [0.4, 0.5) is 0 Å². The Morgan fingerprint density at radius 2 is 1.14 bits per heavy atom. The second-order valence-electron chi connectivity index (χ2n) is 10.1. The van der Waals surface area contributed by atoms with E-state index in [0.717, 1.165) is 19.3 Å². The SMILES string of the molecule is CC1(C)CC(NC2CC(C)(C)[NH+]([O-])C2(C)C)CC(C)(C)[NH+]1[O-]. The standard InChI is InChI=1S/C17H35N3O2/c1-14(2)9-12(10-15(3,4)19(14)21)18-13-11-16(5,6)20(22)17(13,7)8/h12-13,18-20H,9-11H2,1-8H3. The van der Waals surface area contributed by atoms with Gasteiger partial charge in [-0.2, -0.15) is 0 Å². The van der Waals surface area contributed by atoms with Crippen LogP contribution in [0.3, 0.4) is 0 Å². The summed E-state index contributed by atoms with van der Waals surface area (Å²) in [6.45, 7) is 16.4. The van der Waals surface area contributed by atoms with Gasteiger partial charge in [0.05, 0.1) is 22.7 Å². The van der Waals surface area contributed by atoms with Crippen molar-refractivity contribution in [2.24, 2.45) is 0 Å². The highest BCUT2D eigenvalue weighted by molar-refractivity contribution is 5.00. The Morgan fingerprint density at radius 1 is 0.727 bits per heavy atom. The first-order valence-corrected chi connectivity index (χ1v) is 8.56. The zero-order valence-electron chi connectivity index (χ0n) is 15.6. The van der Waals surface area contributed by atoms with E-state index in [-0.39, 0.29) is 28.2 Å².